The van der Waals surface area contributed by atoms with Crippen molar-refractivity contribution in [3.8, 4) is 0 Å². The fourth-order valence-electron chi connectivity index (χ4n) is 1.36. The van der Waals surface area contributed by atoms with Crippen molar-refractivity contribution in [2.45, 2.75) is 38.9 Å². The molecular weight excluding hydrogens is 156 g/mol. The van der Waals surface area contributed by atoms with Gasteiger partial charge in [-0.3, -0.25) is 4.79 Å². The van der Waals surface area contributed by atoms with Crippen molar-refractivity contribution in [1.29, 1.82) is 0 Å². The van der Waals surface area contributed by atoms with Crippen molar-refractivity contribution in [2.75, 3.05) is 0 Å². The predicted octanol–water partition coefficient (Wildman–Crippen LogP) is 1.98. The SMILES string of the molecule is C=C1CC(=O)OC(C)(CCC)O1. The molecule has 12 heavy (non-hydrogen) atoms. The van der Waals surface area contributed by atoms with Crippen LogP contribution in [0.5, 0.6) is 0 Å². The van der Waals surface area contributed by atoms with Crippen LogP contribution in [0.2, 0.25) is 0 Å². The standard InChI is InChI=1S/C9H14O3/c1-4-5-9(3)11-7(2)6-8(10)12-9/h2,4-6H2,1,3H3. The van der Waals surface area contributed by atoms with Crippen molar-refractivity contribution in [2.24, 2.45) is 0 Å². The Labute approximate surface area is 72.4 Å². The highest BCUT2D eigenvalue weighted by Crippen LogP contribution is 2.28. The molecule has 1 saturated heterocycles. The van der Waals surface area contributed by atoms with Crippen LogP contribution in [0.1, 0.15) is 33.1 Å². The summed E-state index contributed by atoms with van der Waals surface area (Å²) < 4.78 is 10.4. The van der Waals surface area contributed by atoms with E-state index in [4.69, 9.17) is 9.47 Å². The van der Waals surface area contributed by atoms with Gasteiger partial charge in [0.15, 0.2) is 0 Å². The Morgan fingerprint density at radius 2 is 2.25 bits per heavy atom. The first kappa shape index (κ1) is 9.10. The summed E-state index contributed by atoms with van der Waals surface area (Å²) >= 11 is 0. The predicted molar refractivity (Wildman–Crippen MR) is 44.2 cm³/mol. The molecule has 0 aromatic heterocycles. The lowest BCUT2D eigenvalue weighted by molar-refractivity contribution is -0.227. The molecule has 1 aliphatic heterocycles. The molecule has 0 aromatic carbocycles. The van der Waals surface area contributed by atoms with Crippen molar-refractivity contribution in [1.82, 2.24) is 0 Å². The van der Waals surface area contributed by atoms with Crippen LogP contribution in [0, 0.1) is 0 Å². The first-order valence-electron chi connectivity index (χ1n) is 4.14. The summed E-state index contributed by atoms with van der Waals surface area (Å²) in [4.78, 5) is 11.0. The van der Waals surface area contributed by atoms with Gasteiger partial charge in [0.1, 0.15) is 12.2 Å². The molecule has 0 N–H and O–H groups in total. The van der Waals surface area contributed by atoms with E-state index in [0.717, 1.165) is 6.42 Å². The fraction of sp³-hybridized carbons (Fsp3) is 0.667. The van der Waals surface area contributed by atoms with Crippen LogP contribution in [-0.2, 0) is 14.3 Å². The van der Waals surface area contributed by atoms with E-state index in [1.54, 1.807) is 6.92 Å². The van der Waals surface area contributed by atoms with Crippen molar-refractivity contribution in [3.63, 3.8) is 0 Å². The molecular formula is C9H14O3. The zero-order valence-corrected chi connectivity index (χ0v) is 7.55. The summed E-state index contributed by atoms with van der Waals surface area (Å²) in [6.45, 7) is 7.40. The molecule has 0 aromatic rings. The highest BCUT2D eigenvalue weighted by Gasteiger charge is 2.35. The third-order valence-corrected chi connectivity index (χ3v) is 1.74. The van der Waals surface area contributed by atoms with Crippen LogP contribution in [0.15, 0.2) is 12.3 Å². The molecule has 0 spiro atoms. The molecule has 3 nitrogen and oxygen atoms in total. The number of ether oxygens (including phenoxy) is 2. The molecule has 1 heterocycles. The van der Waals surface area contributed by atoms with Gasteiger partial charge < -0.3 is 9.47 Å². The number of carbonyl (C=O) groups is 1. The molecule has 1 atom stereocenters. The Bertz CT molecular complexity index is 192. The van der Waals surface area contributed by atoms with E-state index >= 15 is 0 Å². The molecule has 68 valence electrons. The zero-order chi connectivity index (χ0) is 9.19. The smallest absolute Gasteiger partial charge is 0.316 e. The van der Waals surface area contributed by atoms with Crippen LogP contribution in [0.4, 0.5) is 0 Å². The lowest BCUT2D eigenvalue weighted by Crippen LogP contribution is -2.38. The number of rotatable bonds is 2. The Morgan fingerprint density at radius 1 is 1.58 bits per heavy atom. The minimum Gasteiger partial charge on any atom is -0.457 e. The Morgan fingerprint density at radius 3 is 2.75 bits per heavy atom. The maximum absolute atomic E-state index is 11.0. The van der Waals surface area contributed by atoms with Crippen molar-refractivity contribution >= 4 is 5.97 Å². The summed E-state index contributed by atoms with van der Waals surface area (Å²) in [5.74, 6) is -0.523. The summed E-state index contributed by atoms with van der Waals surface area (Å²) in [7, 11) is 0. The molecule has 0 bridgehead atoms. The van der Waals surface area contributed by atoms with Gasteiger partial charge in [-0.2, -0.15) is 0 Å². The summed E-state index contributed by atoms with van der Waals surface area (Å²) in [6, 6.07) is 0. The average Bonchev–Trinajstić information content (AvgIpc) is 1.82. The molecule has 0 aliphatic carbocycles. The molecule has 3 heteroatoms. The second-order valence-corrected chi connectivity index (χ2v) is 3.18. The quantitative estimate of drug-likeness (QED) is 0.594. The topological polar surface area (TPSA) is 35.5 Å². The molecule has 1 fully saturated rings. The van der Waals surface area contributed by atoms with Crippen LogP contribution >= 0.6 is 0 Å². The average molecular weight is 170 g/mol. The van der Waals surface area contributed by atoms with Gasteiger partial charge in [0.2, 0.25) is 0 Å². The van der Waals surface area contributed by atoms with E-state index in [1.165, 1.54) is 0 Å². The molecule has 1 rings (SSSR count). The molecule has 1 unspecified atom stereocenters. The number of hydrogen-bond acceptors (Lipinski definition) is 3. The Hall–Kier alpha value is -0.990. The minimum absolute atomic E-state index is 0.180. The van der Waals surface area contributed by atoms with E-state index in [1.807, 2.05) is 6.92 Å². The van der Waals surface area contributed by atoms with Gasteiger partial charge in [-0.05, 0) is 6.42 Å². The van der Waals surface area contributed by atoms with Crippen molar-refractivity contribution in [3.05, 3.63) is 12.3 Å². The van der Waals surface area contributed by atoms with Crippen LogP contribution in [-0.4, -0.2) is 11.8 Å². The third kappa shape index (κ3) is 2.00. The van der Waals surface area contributed by atoms with E-state index < -0.39 is 5.79 Å². The normalized spacial score (nSPS) is 29.5. The summed E-state index contributed by atoms with van der Waals surface area (Å²) in [5, 5.41) is 0. The lowest BCUT2D eigenvalue weighted by Gasteiger charge is -2.34. The molecule has 0 radical (unpaired) electrons. The van der Waals surface area contributed by atoms with Crippen molar-refractivity contribution < 1.29 is 14.3 Å². The van der Waals surface area contributed by atoms with Gasteiger partial charge in [0, 0.05) is 13.3 Å². The van der Waals surface area contributed by atoms with E-state index in [9.17, 15) is 4.79 Å². The summed E-state index contributed by atoms with van der Waals surface area (Å²) in [5.41, 5.74) is 0. The van der Waals surface area contributed by atoms with Crippen LogP contribution in [0.3, 0.4) is 0 Å². The third-order valence-electron chi connectivity index (χ3n) is 1.74. The van der Waals surface area contributed by atoms with Gasteiger partial charge in [-0.1, -0.05) is 13.5 Å². The van der Waals surface area contributed by atoms with Gasteiger partial charge in [0.25, 0.3) is 5.79 Å². The minimum atomic E-state index is -0.777. The van der Waals surface area contributed by atoms with Crippen LogP contribution in [0.25, 0.3) is 0 Å². The maximum atomic E-state index is 11.0. The first-order chi connectivity index (χ1) is 5.56. The van der Waals surface area contributed by atoms with E-state index in [2.05, 4.69) is 6.58 Å². The Kier molecular flexibility index (Phi) is 2.40. The second kappa shape index (κ2) is 3.17. The Balaban J connectivity index is 2.64. The number of cyclic esters (lactones) is 1. The highest BCUT2D eigenvalue weighted by atomic mass is 16.7. The fourth-order valence-corrected chi connectivity index (χ4v) is 1.36. The van der Waals surface area contributed by atoms with Crippen LogP contribution < -0.4 is 0 Å². The molecule has 0 saturated carbocycles. The lowest BCUT2D eigenvalue weighted by atomic mass is 10.1. The number of carbonyl (C=O) groups excluding carboxylic acids is 1. The zero-order valence-electron chi connectivity index (χ0n) is 7.55. The van der Waals surface area contributed by atoms with Gasteiger partial charge >= 0.3 is 5.97 Å². The largest absolute Gasteiger partial charge is 0.457 e. The maximum Gasteiger partial charge on any atom is 0.316 e. The van der Waals surface area contributed by atoms with E-state index in [0.29, 0.717) is 12.2 Å². The number of esters is 1. The number of hydrogen-bond donors (Lipinski definition) is 0. The van der Waals surface area contributed by atoms with E-state index in [-0.39, 0.29) is 12.4 Å². The van der Waals surface area contributed by atoms with Gasteiger partial charge in [0.05, 0.1) is 0 Å². The first-order valence-corrected chi connectivity index (χ1v) is 4.14. The summed E-state index contributed by atoms with van der Waals surface area (Å²) in [6.07, 6.45) is 1.80. The highest BCUT2D eigenvalue weighted by molar-refractivity contribution is 5.73. The molecule has 0 amide bonds. The van der Waals surface area contributed by atoms with Gasteiger partial charge in [-0.15, -0.1) is 0 Å². The second-order valence-electron chi connectivity index (χ2n) is 3.18. The monoisotopic (exact) mass is 170 g/mol. The van der Waals surface area contributed by atoms with Gasteiger partial charge in [-0.25, -0.2) is 0 Å². The molecule has 1 aliphatic rings.